The van der Waals surface area contributed by atoms with Crippen molar-refractivity contribution in [3.8, 4) is 0 Å². The summed E-state index contributed by atoms with van der Waals surface area (Å²) in [6, 6.07) is 0.485. The number of aromatic nitrogens is 3. The average Bonchev–Trinajstić information content (AvgIpc) is 3.02. The summed E-state index contributed by atoms with van der Waals surface area (Å²) in [5.41, 5.74) is 1.24. The zero-order valence-corrected chi connectivity index (χ0v) is 15.3. The molecule has 0 radical (unpaired) electrons. The van der Waals surface area contributed by atoms with Crippen molar-refractivity contribution in [3.63, 3.8) is 0 Å². The van der Waals surface area contributed by atoms with E-state index in [2.05, 4.69) is 55.7 Å². The summed E-state index contributed by atoms with van der Waals surface area (Å²) in [7, 11) is 1.82. The van der Waals surface area contributed by atoms with Crippen LogP contribution in [-0.4, -0.2) is 64.9 Å². The van der Waals surface area contributed by atoms with Gasteiger partial charge < -0.3 is 15.2 Å². The summed E-state index contributed by atoms with van der Waals surface area (Å²) < 4.78 is 2.08. The van der Waals surface area contributed by atoms with E-state index in [-0.39, 0.29) is 0 Å². The summed E-state index contributed by atoms with van der Waals surface area (Å²) in [6.45, 7) is 13.1. The Morgan fingerprint density at radius 2 is 2.17 bits per heavy atom. The minimum absolute atomic E-state index is 0.485. The second-order valence-corrected chi connectivity index (χ2v) is 6.44. The Bertz CT molecular complexity index is 541. The van der Waals surface area contributed by atoms with Gasteiger partial charge in [-0.25, -0.2) is 0 Å². The van der Waals surface area contributed by atoms with Crippen molar-refractivity contribution in [1.29, 1.82) is 0 Å². The molecule has 134 valence electrons. The lowest BCUT2D eigenvalue weighted by molar-refractivity contribution is 0.221. The van der Waals surface area contributed by atoms with Gasteiger partial charge in [0.2, 0.25) is 0 Å². The summed E-state index contributed by atoms with van der Waals surface area (Å²) in [4.78, 5) is 6.80. The topological polar surface area (TPSA) is 70.4 Å². The van der Waals surface area contributed by atoms with Crippen molar-refractivity contribution >= 4 is 5.96 Å². The summed E-state index contributed by atoms with van der Waals surface area (Å²) >= 11 is 0. The Kier molecular flexibility index (Phi) is 7.24. The second-order valence-electron chi connectivity index (χ2n) is 6.44. The molecule has 0 bridgehead atoms. The maximum Gasteiger partial charge on any atom is 0.191 e. The molecule has 1 aliphatic rings. The number of piperidine rings is 1. The minimum atomic E-state index is 0.485. The van der Waals surface area contributed by atoms with Gasteiger partial charge in [0.15, 0.2) is 5.96 Å². The highest BCUT2D eigenvalue weighted by Gasteiger charge is 2.19. The number of guanidine groups is 1. The Labute approximate surface area is 145 Å². The van der Waals surface area contributed by atoms with Crippen molar-refractivity contribution in [2.24, 2.45) is 4.99 Å². The van der Waals surface area contributed by atoms with E-state index in [0.29, 0.717) is 6.04 Å². The first-order valence-corrected chi connectivity index (χ1v) is 8.83. The quantitative estimate of drug-likeness (QED) is 0.443. The van der Waals surface area contributed by atoms with Crippen LogP contribution in [0.2, 0.25) is 0 Å². The van der Waals surface area contributed by atoms with E-state index >= 15 is 0 Å². The average molecular weight is 333 g/mol. The largest absolute Gasteiger partial charge is 0.355 e. The monoisotopic (exact) mass is 333 g/mol. The molecular formula is C17H31N7. The van der Waals surface area contributed by atoms with Crippen LogP contribution in [0.3, 0.4) is 0 Å². The van der Waals surface area contributed by atoms with Crippen molar-refractivity contribution in [2.45, 2.75) is 45.7 Å². The lowest BCUT2D eigenvalue weighted by Crippen LogP contribution is -2.49. The van der Waals surface area contributed by atoms with Crippen LogP contribution in [-0.2, 0) is 13.0 Å². The van der Waals surface area contributed by atoms with Gasteiger partial charge in [0.05, 0.1) is 0 Å². The van der Waals surface area contributed by atoms with Crippen molar-refractivity contribution in [3.05, 3.63) is 24.3 Å². The number of nitrogens with zero attached hydrogens (tertiary/aromatic N) is 5. The number of rotatable bonds is 7. The number of nitrogens with one attached hydrogen (secondary N) is 2. The van der Waals surface area contributed by atoms with Gasteiger partial charge >= 0.3 is 0 Å². The summed E-state index contributed by atoms with van der Waals surface area (Å²) in [5.74, 6) is 1.89. The molecule has 1 aromatic rings. The molecule has 1 fully saturated rings. The van der Waals surface area contributed by atoms with Gasteiger partial charge in [-0.1, -0.05) is 19.1 Å². The Morgan fingerprint density at radius 3 is 2.79 bits per heavy atom. The van der Waals surface area contributed by atoms with Gasteiger partial charge in [0.1, 0.15) is 12.2 Å². The molecule has 0 saturated carbocycles. The van der Waals surface area contributed by atoms with E-state index in [9.17, 15) is 0 Å². The fraction of sp³-hybridized carbons (Fsp3) is 0.706. The molecule has 24 heavy (non-hydrogen) atoms. The van der Waals surface area contributed by atoms with E-state index < -0.39 is 0 Å². The summed E-state index contributed by atoms with van der Waals surface area (Å²) in [5, 5.41) is 15.0. The first-order valence-electron chi connectivity index (χ1n) is 8.83. The van der Waals surface area contributed by atoms with Gasteiger partial charge in [-0.05, 0) is 19.8 Å². The standard InChI is InChI=1S/C17H31N7/c1-5-16-22-20-13-24(16)11-8-19-17(18-4)21-15-6-9-23(10-7-15)12-14(2)3/h13,15H,2,5-12H2,1,3-4H3,(H2,18,19,21). The third-order valence-electron chi connectivity index (χ3n) is 4.30. The fourth-order valence-corrected chi connectivity index (χ4v) is 3.04. The highest BCUT2D eigenvalue weighted by molar-refractivity contribution is 5.79. The van der Waals surface area contributed by atoms with Gasteiger partial charge in [-0.2, -0.15) is 0 Å². The normalized spacial score (nSPS) is 17.0. The van der Waals surface area contributed by atoms with Gasteiger partial charge in [0, 0.05) is 52.2 Å². The zero-order valence-electron chi connectivity index (χ0n) is 15.3. The van der Waals surface area contributed by atoms with Gasteiger partial charge in [-0.3, -0.25) is 9.89 Å². The molecule has 7 nitrogen and oxygen atoms in total. The third kappa shape index (κ3) is 5.63. The zero-order chi connectivity index (χ0) is 17.4. The van der Waals surface area contributed by atoms with Crippen molar-refractivity contribution in [1.82, 2.24) is 30.3 Å². The highest BCUT2D eigenvalue weighted by atomic mass is 15.3. The van der Waals surface area contributed by atoms with Crippen LogP contribution in [0.15, 0.2) is 23.5 Å². The van der Waals surface area contributed by atoms with Crippen LogP contribution in [0.25, 0.3) is 0 Å². The van der Waals surface area contributed by atoms with Gasteiger partial charge in [-0.15, -0.1) is 10.2 Å². The molecular weight excluding hydrogens is 302 g/mol. The van der Waals surface area contributed by atoms with Gasteiger partial charge in [0.25, 0.3) is 0 Å². The third-order valence-corrected chi connectivity index (χ3v) is 4.30. The molecule has 1 aromatic heterocycles. The van der Waals surface area contributed by atoms with Crippen molar-refractivity contribution < 1.29 is 0 Å². The molecule has 2 N–H and O–H groups in total. The molecule has 0 unspecified atom stereocenters. The molecule has 0 aliphatic carbocycles. The predicted octanol–water partition coefficient (Wildman–Crippen LogP) is 1.05. The number of likely N-dealkylation sites (tertiary alicyclic amines) is 1. The molecule has 0 atom stereocenters. The lowest BCUT2D eigenvalue weighted by Gasteiger charge is -2.33. The number of hydrogen-bond acceptors (Lipinski definition) is 4. The molecule has 0 aromatic carbocycles. The maximum absolute atomic E-state index is 4.34. The van der Waals surface area contributed by atoms with E-state index in [4.69, 9.17) is 0 Å². The smallest absolute Gasteiger partial charge is 0.191 e. The lowest BCUT2D eigenvalue weighted by atomic mass is 10.0. The van der Waals surface area contributed by atoms with E-state index in [1.165, 1.54) is 5.57 Å². The van der Waals surface area contributed by atoms with E-state index in [0.717, 1.165) is 63.8 Å². The minimum Gasteiger partial charge on any atom is -0.355 e. The fourth-order valence-electron chi connectivity index (χ4n) is 3.04. The van der Waals surface area contributed by atoms with Crippen LogP contribution < -0.4 is 10.6 Å². The van der Waals surface area contributed by atoms with Crippen LogP contribution in [0.4, 0.5) is 0 Å². The first kappa shape index (κ1) is 18.4. The SMILES string of the molecule is C=C(C)CN1CCC(NC(=NC)NCCn2cnnc2CC)CC1. The number of aryl methyl sites for hydroxylation is 1. The summed E-state index contributed by atoms with van der Waals surface area (Å²) in [6.07, 6.45) is 4.96. The molecule has 2 heterocycles. The number of hydrogen-bond donors (Lipinski definition) is 2. The van der Waals surface area contributed by atoms with Crippen molar-refractivity contribution in [2.75, 3.05) is 33.2 Å². The predicted molar refractivity (Wildman–Crippen MR) is 98.2 cm³/mol. The molecule has 2 rings (SSSR count). The molecule has 7 heteroatoms. The van der Waals surface area contributed by atoms with Crippen LogP contribution >= 0.6 is 0 Å². The van der Waals surface area contributed by atoms with E-state index in [1.807, 2.05) is 7.05 Å². The second kappa shape index (κ2) is 9.42. The maximum atomic E-state index is 4.34. The van der Waals surface area contributed by atoms with Crippen LogP contribution in [0.5, 0.6) is 0 Å². The highest BCUT2D eigenvalue weighted by Crippen LogP contribution is 2.11. The molecule has 0 spiro atoms. The van der Waals surface area contributed by atoms with E-state index in [1.54, 1.807) is 6.33 Å². The Balaban J connectivity index is 1.70. The first-order chi connectivity index (χ1) is 11.6. The Hall–Kier alpha value is -1.89. The van der Waals surface area contributed by atoms with Crippen LogP contribution in [0.1, 0.15) is 32.5 Å². The molecule has 1 saturated heterocycles. The molecule has 1 aliphatic heterocycles. The Morgan fingerprint density at radius 1 is 1.42 bits per heavy atom. The number of aliphatic imine (C=N–C) groups is 1. The van der Waals surface area contributed by atoms with Crippen LogP contribution in [0, 0.1) is 0 Å². The molecule has 0 amide bonds.